The van der Waals surface area contributed by atoms with Gasteiger partial charge in [0.1, 0.15) is 0 Å². The Morgan fingerprint density at radius 3 is 2.45 bits per heavy atom. The van der Waals surface area contributed by atoms with Gasteiger partial charge < -0.3 is 24.8 Å². The zero-order valence-corrected chi connectivity index (χ0v) is 11.6. The van der Waals surface area contributed by atoms with E-state index in [4.69, 9.17) is 0 Å². The quantitative estimate of drug-likeness (QED) is 0.452. The zero-order valence-electron chi connectivity index (χ0n) is 6.53. The number of hydrogen-bond donors (Lipinski definition) is 0. The van der Waals surface area contributed by atoms with E-state index in [1.165, 1.54) is 43.6 Å². The first kappa shape index (κ1) is 14.5. The topological polar surface area (TPSA) is 0 Å². The van der Waals surface area contributed by atoms with Crippen molar-refractivity contribution < 1.29 is 49.2 Å². The maximum atomic E-state index is 2.37. The Morgan fingerprint density at radius 1 is 1.45 bits per heavy atom. The molecular weight excluding hydrogens is 345 g/mol. The molecule has 1 rings (SSSR count). The molecule has 0 saturated heterocycles. The Morgan fingerprint density at radius 2 is 2.09 bits per heavy atom. The van der Waals surface area contributed by atoms with Crippen LogP contribution >= 0.6 is 0 Å². The van der Waals surface area contributed by atoms with Crippen LogP contribution in [0.3, 0.4) is 0 Å². The van der Waals surface area contributed by atoms with Crippen molar-refractivity contribution in [2.75, 3.05) is 0 Å². The van der Waals surface area contributed by atoms with E-state index < -0.39 is 0 Å². The molecule has 0 spiro atoms. The Hall–Kier alpha value is 0.930. The Bertz CT molecular complexity index is 161. The normalized spacial score (nSPS) is 14.5. The minimum absolute atomic E-state index is 0. The Labute approximate surface area is 95.9 Å². The molecule has 0 aromatic heterocycles. The van der Waals surface area contributed by atoms with Crippen molar-refractivity contribution in [1.29, 1.82) is 0 Å². The zero-order chi connectivity index (χ0) is 6.69. The van der Waals surface area contributed by atoms with Crippen LogP contribution in [0.4, 0.5) is 0 Å². The number of halogens is 2. The molecule has 3 heteroatoms. The fourth-order valence-electron chi connectivity index (χ4n) is 1.05. The number of hydrogen-bond acceptors (Lipinski definition) is 0. The molecule has 0 heterocycles. The molecule has 61 valence electrons. The molecular formula is C8H11Cl2Hf. The third-order valence-electron chi connectivity index (χ3n) is 1.48. The van der Waals surface area contributed by atoms with E-state index in [1.807, 2.05) is 0 Å². The first-order chi connectivity index (χ1) is 4.33. The van der Waals surface area contributed by atoms with Crippen LogP contribution in [0, 0.1) is 0 Å². The van der Waals surface area contributed by atoms with Crippen molar-refractivity contribution in [3.05, 3.63) is 21.1 Å². The molecule has 0 aromatic rings. The van der Waals surface area contributed by atoms with Gasteiger partial charge in [-0.1, -0.05) is 0 Å². The predicted molar refractivity (Wildman–Crippen MR) is 35.7 cm³/mol. The summed E-state index contributed by atoms with van der Waals surface area (Å²) in [4.78, 5) is 0. The standard InChI is InChI=1S/C8H11.2ClH.Hf/c1-2-5-8-6-3-4-7-8;;;/h6-7H,2-3,5H2,1H3;2*1H;/q;;;+2/p-2. The van der Waals surface area contributed by atoms with Crippen LogP contribution in [-0.4, -0.2) is 0 Å². The van der Waals surface area contributed by atoms with Gasteiger partial charge in [-0.3, -0.25) is 0 Å². The first-order valence-electron chi connectivity index (χ1n) is 3.44. The van der Waals surface area contributed by atoms with Gasteiger partial charge in [-0.2, -0.15) is 0 Å². The second kappa shape index (κ2) is 7.57. The maximum Gasteiger partial charge on any atom is -1.00 e. The average molecular weight is 357 g/mol. The molecule has 0 nitrogen and oxygen atoms in total. The van der Waals surface area contributed by atoms with Crippen molar-refractivity contribution in [1.82, 2.24) is 0 Å². The monoisotopic (exact) mass is 357 g/mol. The molecule has 0 radical (unpaired) electrons. The molecule has 0 aliphatic heterocycles. The fourth-order valence-corrected chi connectivity index (χ4v) is 2.08. The van der Waals surface area contributed by atoms with Crippen LogP contribution in [0.5, 0.6) is 0 Å². The van der Waals surface area contributed by atoms with Crippen LogP contribution in [0.15, 0.2) is 21.1 Å². The average Bonchev–Trinajstić information content (AvgIpc) is 2.17. The van der Waals surface area contributed by atoms with Gasteiger partial charge in [0.05, 0.1) is 0 Å². The molecule has 0 atom stereocenters. The summed E-state index contributed by atoms with van der Waals surface area (Å²) in [5.41, 5.74) is 1.57. The summed E-state index contributed by atoms with van der Waals surface area (Å²) in [5.74, 6) is 0. The summed E-state index contributed by atoms with van der Waals surface area (Å²) in [6, 6.07) is 0. The van der Waals surface area contributed by atoms with E-state index in [0.717, 1.165) is 0 Å². The van der Waals surface area contributed by atoms with Crippen molar-refractivity contribution in [3.8, 4) is 0 Å². The van der Waals surface area contributed by atoms with Gasteiger partial charge in [-0.25, -0.2) is 0 Å². The summed E-state index contributed by atoms with van der Waals surface area (Å²) in [6.45, 7) is 2.24. The van der Waals surface area contributed by atoms with Gasteiger partial charge in [-0.05, 0) is 0 Å². The molecule has 0 fully saturated rings. The molecule has 0 aromatic carbocycles. The summed E-state index contributed by atoms with van der Waals surface area (Å²) in [6.07, 6.45) is 8.56. The third kappa shape index (κ3) is 5.21. The second-order valence-corrected chi connectivity index (χ2v) is 4.71. The summed E-state index contributed by atoms with van der Waals surface area (Å²) >= 11 is 1.26. The molecule has 0 bridgehead atoms. The van der Waals surface area contributed by atoms with Crippen LogP contribution in [0.1, 0.15) is 26.2 Å². The van der Waals surface area contributed by atoms with Crippen molar-refractivity contribution in [2.24, 2.45) is 0 Å². The Balaban J connectivity index is 0. The second-order valence-electron chi connectivity index (χ2n) is 2.40. The maximum absolute atomic E-state index is 2.37. The van der Waals surface area contributed by atoms with Crippen molar-refractivity contribution >= 4 is 0 Å². The van der Waals surface area contributed by atoms with Gasteiger partial charge in [0.25, 0.3) is 0 Å². The SMILES string of the molecule is CCCC1=CC[C]([Hf+2])=C1.[Cl-].[Cl-]. The van der Waals surface area contributed by atoms with E-state index in [-0.39, 0.29) is 24.8 Å². The fraction of sp³-hybridized carbons (Fsp3) is 0.500. The van der Waals surface area contributed by atoms with Gasteiger partial charge >= 0.3 is 71.6 Å². The summed E-state index contributed by atoms with van der Waals surface area (Å²) in [7, 11) is 0. The van der Waals surface area contributed by atoms with Crippen LogP contribution in [0.2, 0.25) is 0 Å². The first-order valence-corrected chi connectivity index (χ1v) is 5.23. The van der Waals surface area contributed by atoms with E-state index in [9.17, 15) is 0 Å². The molecule has 1 aliphatic rings. The Kier molecular flexibility index (Phi) is 9.95. The minimum atomic E-state index is 0. The molecule has 0 amide bonds. The van der Waals surface area contributed by atoms with Crippen LogP contribution in [0.25, 0.3) is 0 Å². The van der Waals surface area contributed by atoms with E-state index >= 15 is 0 Å². The van der Waals surface area contributed by atoms with Crippen LogP contribution in [-0.2, 0) is 24.4 Å². The summed E-state index contributed by atoms with van der Waals surface area (Å²) < 4.78 is 1.65. The van der Waals surface area contributed by atoms with Crippen LogP contribution < -0.4 is 24.8 Å². The van der Waals surface area contributed by atoms with E-state index in [2.05, 4.69) is 19.1 Å². The molecule has 11 heavy (non-hydrogen) atoms. The number of rotatable bonds is 2. The van der Waals surface area contributed by atoms with Gasteiger partial charge in [0, 0.05) is 0 Å². The number of allylic oxidation sites excluding steroid dienone is 4. The van der Waals surface area contributed by atoms with Gasteiger partial charge in [-0.15, -0.1) is 0 Å². The van der Waals surface area contributed by atoms with E-state index in [1.54, 1.807) is 8.90 Å². The van der Waals surface area contributed by atoms with Crippen molar-refractivity contribution in [3.63, 3.8) is 0 Å². The summed E-state index contributed by atoms with van der Waals surface area (Å²) in [5, 5.41) is 0. The van der Waals surface area contributed by atoms with Gasteiger partial charge in [0.15, 0.2) is 0 Å². The molecule has 0 unspecified atom stereocenters. The molecule has 1 aliphatic carbocycles. The molecule has 0 N–H and O–H groups in total. The molecule has 0 saturated carbocycles. The largest absolute Gasteiger partial charge is 1.00 e. The minimum Gasteiger partial charge on any atom is -1.00 e. The van der Waals surface area contributed by atoms with E-state index in [0.29, 0.717) is 0 Å². The smallest absolute Gasteiger partial charge is 1.00 e. The van der Waals surface area contributed by atoms with Crippen molar-refractivity contribution in [2.45, 2.75) is 26.2 Å². The predicted octanol–water partition coefficient (Wildman–Crippen LogP) is -3.44. The third-order valence-corrected chi connectivity index (χ3v) is 2.73. The van der Waals surface area contributed by atoms with Gasteiger partial charge in [0.2, 0.25) is 0 Å².